The van der Waals surface area contributed by atoms with E-state index in [2.05, 4.69) is 10.2 Å². The SMILES string of the molecule is CC(C)(C)OC(=O)NCCOC(=O)CCCON(O)O. The van der Waals surface area contributed by atoms with Crippen molar-refractivity contribution in [2.24, 2.45) is 0 Å². The van der Waals surface area contributed by atoms with Gasteiger partial charge in [0.15, 0.2) is 0 Å². The molecule has 118 valence electrons. The topological polar surface area (TPSA) is 118 Å². The van der Waals surface area contributed by atoms with E-state index in [-0.39, 0.29) is 32.6 Å². The largest absolute Gasteiger partial charge is 0.464 e. The first-order valence-electron chi connectivity index (χ1n) is 6.14. The van der Waals surface area contributed by atoms with Crippen LogP contribution < -0.4 is 5.32 Å². The Hall–Kier alpha value is -1.42. The lowest BCUT2D eigenvalue weighted by Crippen LogP contribution is -2.34. The van der Waals surface area contributed by atoms with Gasteiger partial charge in [0.25, 0.3) is 0 Å². The van der Waals surface area contributed by atoms with Crippen molar-refractivity contribution in [2.45, 2.75) is 39.2 Å². The summed E-state index contributed by atoms with van der Waals surface area (Å²) in [5.74, 6) is -0.470. The van der Waals surface area contributed by atoms with Crippen molar-refractivity contribution < 1.29 is 34.3 Å². The van der Waals surface area contributed by atoms with E-state index in [1.807, 2.05) is 0 Å². The maximum absolute atomic E-state index is 11.2. The molecule has 0 bridgehead atoms. The molecule has 0 aromatic carbocycles. The summed E-state index contributed by atoms with van der Waals surface area (Å²) in [7, 11) is 0. The van der Waals surface area contributed by atoms with Crippen LogP contribution in [-0.4, -0.2) is 53.2 Å². The van der Waals surface area contributed by atoms with Crippen LogP contribution in [0.25, 0.3) is 0 Å². The molecule has 0 saturated heterocycles. The van der Waals surface area contributed by atoms with Gasteiger partial charge in [-0.25, -0.2) is 4.79 Å². The van der Waals surface area contributed by atoms with Gasteiger partial charge in [0.2, 0.25) is 0 Å². The third kappa shape index (κ3) is 13.0. The summed E-state index contributed by atoms with van der Waals surface area (Å²) in [6.07, 6.45) is -0.233. The molecule has 0 aromatic rings. The lowest BCUT2D eigenvalue weighted by molar-refractivity contribution is -0.492. The third-order valence-corrected chi connectivity index (χ3v) is 1.77. The summed E-state index contributed by atoms with van der Waals surface area (Å²) < 4.78 is 9.81. The van der Waals surface area contributed by atoms with Crippen LogP contribution in [0.4, 0.5) is 4.79 Å². The zero-order valence-corrected chi connectivity index (χ0v) is 11.9. The third-order valence-electron chi connectivity index (χ3n) is 1.77. The number of ether oxygens (including phenoxy) is 2. The molecule has 1 amide bonds. The van der Waals surface area contributed by atoms with E-state index in [9.17, 15) is 9.59 Å². The highest BCUT2D eigenvalue weighted by Crippen LogP contribution is 2.06. The Morgan fingerprint density at radius 2 is 1.85 bits per heavy atom. The molecule has 20 heavy (non-hydrogen) atoms. The van der Waals surface area contributed by atoms with Crippen molar-refractivity contribution in [2.75, 3.05) is 19.8 Å². The minimum Gasteiger partial charge on any atom is -0.464 e. The maximum Gasteiger partial charge on any atom is 0.407 e. The first-order chi connectivity index (χ1) is 9.20. The van der Waals surface area contributed by atoms with E-state index < -0.39 is 23.1 Å². The average molecular weight is 294 g/mol. The second kappa shape index (κ2) is 9.48. The minimum absolute atomic E-state index is 0.0295. The summed E-state index contributed by atoms with van der Waals surface area (Å²) in [4.78, 5) is 26.7. The Balaban J connectivity index is 3.50. The van der Waals surface area contributed by atoms with E-state index in [0.29, 0.717) is 0 Å². The molecule has 0 aliphatic rings. The fraction of sp³-hybridized carbons (Fsp3) is 0.818. The molecule has 0 aromatic heterocycles. The van der Waals surface area contributed by atoms with Gasteiger partial charge in [0, 0.05) is 6.42 Å². The van der Waals surface area contributed by atoms with Gasteiger partial charge in [-0.2, -0.15) is 0 Å². The van der Waals surface area contributed by atoms with E-state index in [4.69, 9.17) is 19.9 Å². The lowest BCUT2D eigenvalue weighted by atomic mass is 10.2. The number of esters is 1. The van der Waals surface area contributed by atoms with Crippen LogP contribution >= 0.6 is 0 Å². The fourth-order valence-corrected chi connectivity index (χ4v) is 1.07. The molecule has 0 unspecified atom stereocenters. The van der Waals surface area contributed by atoms with Gasteiger partial charge in [-0.15, -0.1) is 0 Å². The molecule has 9 nitrogen and oxygen atoms in total. The van der Waals surface area contributed by atoms with Gasteiger partial charge in [-0.05, 0) is 27.2 Å². The van der Waals surface area contributed by atoms with Gasteiger partial charge in [-0.1, -0.05) is 0 Å². The summed E-state index contributed by atoms with van der Waals surface area (Å²) in [5.41, 5.74) is -0.575. The number of nitrogens with zero attached hydrogens (tertiary/aromatic N) is 1. The van der Waals surface area contributed by atoms with Gasteiger partial charge >= 0.3 is 12.1 Å². The van der Waals surface area contributed by atoms with Gasteiger partial charge < -0.3 is 14.8 Å². The number of carbonyl (C=O) groups excluding carboxylic acids is 2. The van der Waals surface area contributed by atoms with E-state index in [1.54, 1.807) is 20.8 Å². The van der Waals surface area contributed by atoms with Crippen molar-refractivity contribution in [1.29, 1.82) is 0 Å². The number of alkyl carbamates (subject to hydrolysis) is 1. The highest BCUT2D eigenvalue weighted by molar-refractivity contribution is 5.69. The van der Waals surface area contributed by atoms with Crippen molar-refractivity contribution in [1.82, 2.24) is 10.7 Å². The number of hydrogen-bond donors (Lipinski definition) is 3. The number of nitrogens with one attached hydrogen (secondary N) is 1. The first-order valence-corrected chi connectivity index (χ1v) is 6.14. The maximum atomic E-state index is 11.2. The molecule has 0 aliphatic carbocycles. The van der Waals surface area contributed by atoms with Crippen molar-refractivity contribution in [3.05, 3.63) is 0 Å². The monoisotopic (exact) mass is 294 g/mol. The zero-order chi connectivity index (χ0) is 15.6. The van der Waals surface area contributed by atoms with Crippen molar-refractivity contribution in [3.8, 4) is 0 Å². The first kappa shape index (κ1) is 18.6. The van der Waals surface area contributed by atoms with E-state index in [1.165, 1.54) is 0 Å². The number of rotatable bonds is 8. The average Bonchev–Trinajstić information content (AvgIpc) is 2.28. The zero-order valence-electron chi connectivity index (χ0n) is 11.9. The highest BCUT2D eigenvalue weighted by Gasteiger charge is 2.15. The molecular formula is C11H22N2O7. The van der Waals surface area contributed by atoms with Crippen LogP contribution in [0.15, 0.2) is 0 Å². The lowest BCUT2D eigenvalue weighted by Gasteiger charge is -2.19. The molecule has 3 N–H and O–H groups in total. The van der Waals surface area contributed by atoms with E-state index in [0.717, 1.165) is 0 Å². The second-order valence-electron chi connectivity index (χ2n) is 4.84. The van der Waals surface area contributed by atoms with Gasteiger partial charge in [0.05, 0.1) is 18.5 Å². The van der Waals surface area contributed by atoms with Crippen LogP contribution in [0.1, 0.15) is 33.6 Å². The molecular weight excluding hydrogens is 272 g/mol. The molecule has 0 spiro atoms. The Morgan fingerprint density at radius 3 is 2.40 bits per heavy atom. The Kier molecular flexibility index (Phi) is 8.81. The van der Waals surface area contributed by atoms with Gasteiger partial charge in [-0.3, -0.25) is 20.0 Å². The second-order valence-corrected chi connectivity index (χ2v) is 4.84. The smallest absolute Gasteiger partial charge is 0.407 e. The van der Waals surface area contributed by atoms with Crippen LogP contribution in [0.5, 0.6) is 0 Å². The summed E-state index contributed by atoms with van der Waals surface area (Å²) in [6.45, 7) is 5.39. The van der Waals surface area contributed by atoms with Crippen molar-refractivity contribution >= 4 is 12.1 Å². The number of amides is 1. The van der Waals surface area contributed by atoms with Crippen LogP contribution in [-0.2, 0) is 19.1 Å². The highest BCUT2D eigenvalue weighted by atomic mass is 17.1. The summed E-state index contributed by atoms with van der Waals surface area (Å²) in [5, 5.41) is 18.5. The molecule has 9 heteroatoms. The quantitative estimate of drug-likeness (QED) is 0.342. The number of hydrogen-bond acceptors (Lipinski definition) is 8. The van der Waals surface area contributed by atoms with Crippen molar-refractivity contribution in [3.63, 3.8) is 0 Å². The van der Waals surface area contributed by atoms with Crippen LogP contribution in [0.2, 0.25) is 0 Å². The Bertz CT molecular complexity index is 302. The molecule has 0 saturated carbocycles. The molecule has 0 fully saturated rings. The molecule has 0 aliphatic heterocycles. The normalized spacial score (nSPS) is 11.3. The molecule has 0 heterocycles. The fourth-order valence-electron chi connectivity index (χ4n) is 1.07. The molecule has 0 radical (unpaired) electrons. The predicted molar refractivity (Wildman–Crippen MR) is 65.8 cm³/mol. The van der Waals surface area contributed by atoms with Gasteiger partial charge in [0.1, 0.15) is 12.2 Å². The summed E-state index contributed by atoms with van der Waals surface area (Å²) >= 11 is 0. The molecule has 0 atom stereocenters. The van der Waals surface area contributed by atoms with E-state index >= 15 is 0 Å². The summed E-state index contributed by atoms with van der Waals surface area (Å²) in [6, 6.07) is 0. The number of carbonyl (C=O) groups is 2. The Labute approximate surface area is 117 Å². The molecule has 0 rings (SSSR count). The van der Waals surface area contributed by atoms with Crippen LogP contribution in [0.3, 0.4) is 0 Å². The minimum atomic E-state index is -0.576. The standard InChI is InChI=1S/C11H22N2O7/c1-11(2,3)20-10(15)12-6-8-18-9(14)5-4-7-19-13(16)17/h16-17H,4-8H2,1-3H3,(H,12,15). The Morgan fingerprint density at radius 1 is 1.20 bits per heavy atom. The predicted octanol–water partition coefficient (Wildman–Crippen LogP) is 0.847. The van der Waals surface area contributed by atoms with Crippen LogP contribution in [0, 0.1) is 0 Å².